The summed E-state index contributed by atoms with van der Waals surface area (Å²) in [5.74, 6) is 1.44. The molecule has 1 fully saturated rings. The maximum Gasteiger partial charge on any atom is 0.174 e. The van der Waals surface area contributed by atoms with Crippen molar-refractivity contribution in [1.82, 2.24) is 14.9 Å². The maximum atomic E-state index is 5.85. The van der Waals surface area contributed by atoms with Crippen LogP contribution in [-0.4, -0.2) is 28.9 Å². The third kappa shape index (κ3) is 3.63. The summed E-state index contributed by atoms with van der Waals surface area (Å²) in [6.07, 6.45) is 1.82. The summed E-state index contributed by atoms with van der Waals surface area (Å²) in [5.41, 5.74) is 5.53. The van der Waals surface area contributed by atoms with E-state index in [1.807, 2.05) is 42.6 Å². The van der Waals surface area contributed by atoms with E-state index in [1.165, 1.54) is 17.0 Å². The van der Waals surface area contributed by atoms with Gasteiger partial charge in [-0.25, -0.2) is 0 Å². The van der Waals surface area contributed by atoms with Crippen molar-refractivity contribution in [1.29, 1.82) is 0 Å². The standard InChI is InChI=1S/C24H28N4O2S/c1-6-27-15(2)13-18(16(27)3)23-22(19-9-7-8-12-25-19)26-24(31)28(23)20-11-10-17(29-4)14-21(20)30-5/h7-14,22-23H,6H2,1-5H3,(H,26,31)/t22-,23-/m0/s1. The highest BCUT2D eigenvalue weighted by Gasteiger charge is 2.43. The smallest absolute Gasteiger partial charge is 0.174 e. The zero-order valence-electron chi connectivity index (χ0n) is 18.5. The molecule has 1 saturated heterocycles. The molecule has 31 heavy (non-hydrogen) atoms. The molecule has 6 nitrogen and oxygen atoms in total. The number of rotatable bonds is 6. The lowest BCUT2D eigenvalue weighted by molar-refractivity contribution is 0.394. The third-order valence-electron chi connectivity index (χ3n) is 5.99. The molecule has 2 aromatic heterocycles. The first kappa shape index (κ1) is 21.2. The zero-order chi connectivity index (χ0) is 22.1. The predicted octanol–water partition coefficient (Wildman–Crippen LogP) is 4.71. The molecular weight excluding hydrogens is 408 g/mol. The quantitative estimate of drug-likeness (QED) is 0.565. The average Bonchev–Trinajstić information content (AvgIpc) is 3.28. The summed E-state index contributed by atoms with van der Waals surface area (Å²) in [7, 11) is 3.31. The van der Waals surface area contributed by atoms with Gasteiger partial charge in [0, 0.05) is 30.2 Å². The molecule has 0 amide bonds. The highest BCUT2D eigenvalue weighted by atomic mass is 32.1. The van der Waals surface area contributed by atoms with Gasteiger partial charge in [-0.2, -0.15) is 0 Å². The molecule has 0 spiro atoms. The molecule has 162 valence electrons. The van der Waals surface area contributed by atoms with Crippen molar-refractivity contribution in [2.45, 2.75) is 39.4 Å². The summed E-state index contributed by atoms with van der Waals surface area (Å²) in [6.45, 7) is 7.41. The third-order valence-corrected chi connectivity index (χ3v) is 6.31. The first-order valence-electron chi connectivity index (χ1n) is 10.4. The van der Waals surface area contributed by atoms with Gasteiger partial charge in [-0.15, -0.1) is 0 Å². The normalized spacial score (nSPS) is 18.2. The Labute approximate surface area is 188 Å². The van der Waals surface area contributed by atoms with Crippen molar-refractivity contribution in [3.8, 4) is 11.5 Å². The minimum atomic E-state index is -0.0914. The molecule has 1 aliphatic rings. The molecule has 0 bridgehead atoms. The van der Waals surface area contributed by atoms with Gasteiger partial charge in [-0.05, 0) is 68.9 Å². The summed E-state index contributed by atoms with van der Waals surface area (Å²) in [6, 6.07) is 13.9. The summed E-state index contributed by atoms with van der Waals surface area (Å²) in [4.78, 5) is 6.79. The van der Waals surface area contributed by atoms with Gasteiger partial charge >= 0.3 is 0 Å². The lowest BCUT2D eigenvalue weighted by atomic mass is 9.96. The van der Waals surface area contributed by atoms with Crippen molar-refractivity contribution in [2.24, 2.45) is 0 Å². The van der Waals surface area contributed by atoms with Gasteiger partial charge in [-0.1, -0.05) is 6.07 Å². The fourth-order valence-electron chi connectivity index (χ4n) is 4.53. The number of methoxy groups -OCH3 is 2. The number of hydrogen-bond donors (Lipinski definition) is 1. The van der Waals surface area contributed by atoms with E-state index < -0.39 is 0 Å². The molecule has 0 unspecified atom stereocenters. The van der Waals surface area contributed by atoms with Gasteiger partial charge in [0.05, 0.1) is 37.7 Å². The van der Waals surface area contributed by atoms with E-state index in [4.69, 9.17) is 21.7 Å². The molecule has 3 heterocycles. The van der Waals surface area contributed by atoms with Gasteiger partial charge in [0.25, 0.3) is 0 Å². The number of hydrogen-bond acceptors (Lipinski definition) is 4. The van der Waals surface area contributed by atoms with Gasteiger partial charge in [0.1, 0.15) is 11.5 Å². The van der Waals surface area contributed by atoms with E-state index in [-0.39, 0.29) is 12.1 Å². The van der Waals surface area contributed by atoms with Crippen molar-refractivity contribution in [3.63, 3.8) is 0 Å². The van der Waals surface area contributed by atoms with Crippen LogP contribution in [0.4, 0.5) is 5.69 Å². The number of benzene rings is 1. The minimum Gasteiger partial charge on any atom is -0.497 e. The molecule has 0 radical (unpaired) electrons. The number of pyridine rings is 1. The molecule has 1 N–H and O–H groups in total. The monoisotopic (exact) mass is 436 g/mol. The first-order valence-corrected chi connectivity index (χ1v) is 10.8. The highest BCUT2D eigenvalue weighted by Crippen LogP contribution is 2.46. The van der Waals surface area contributed by atoms with Crippen molar-refractivity contribution < 1.29 is 9.47 Å². The number of aryl methyl sites for hydroxylation is 1. The Bertz CT molecular complexity index is 1100. The van der Waals surface area contributed by atoms with Crippen LogP contribution in [0.5, 0.6) is 11.5 Å². The number of aromatic nitrogens is 2. The second-order valence-corrected chi connectivity index (χ2v) is 7.99. The summed E-state index contributed by atoms with van der Waals surface area (Å²) < 4.78 is 13.4. The summed E-state index contributed by atoms with van der Waals surface area (Å²) >= 11 is 5.85. The lowest BCUT2D eigenvalue weighted by Gasteiger charge is -2.29. The van der Waals surface area contributed by atoms with Crippen LogP contribution in [0.15, 0.2) is 48.7 Å². The van der Waals surface area contributed by atoms with Crippen LogP contribution in [0.3, 0.4) is 0 Å². The number of nitrogens with zero attached hydrogens (tertiary/aromatic N) is 3. The Kier molecular flexibility index (Phi) is 5.87. The van der Waals surface area contributed by atoms with Gasteiger partial charge in [0.15, 0.2) is 5.11 Å². The molecule has 4 rings (SSSR count). The molecule has 2 atom stereocenters. The molecule has 0 saturated carbocycles. The van der Waals surface area contributed by atoms with Crippen molar-refractivity contribution in [2.75, 3.05) is 19.1 Å². The SMILES string of the molecule is CCn1c(C)cc([C@H]2[C@H](c3ccccn3)NC(=S)N2c2ccc(OC)cc2OC)c1C. The lowest BCUT2D eigenvalue weighted by Crippen LogP contribution is -2.30. The molecule has 7 heteroatoms. The molecule has 3 aromatic rings. The van der Waals surface area contributed by atoms with Gasteiger partial charge in [0.2, 0.25) is 0 Å². The Morgan fingerprint density at radius 2 is 1.90 bits per heavy atom. The topological polar surface area (TPSA) is 51.6 Å². The number of ether oxygens (including phenoxy) is 2. The van der Waals surface area contributed by atoms with Crippen molar-refractivity contribution >= 4 is 23.0 Å². The van der Waals surface area contributed by atoms with E-state index >= 15 is 0 Å². The number of thiocarbonyl (C=S) groups is 1. The Balaban J connectivity index is 1.91. The molecule has 0 aliphatic carbocycles. The average molecular weight is 437 g/mol. The summed E-state index contributed by atoms with van der Waals surface area (Å²) in [5, 5.41) is 4.16. The fraction of sp³-hybridized carbons (Fsp3) is 0.333. The van der Waals surface area contributed by atoms with Gasteiger partial charge < -0.3 is 24.3 Å². The van der Waals surface area contributed by atoms with E-state index in [0.29, 0.717) is 10.9 Å². The minimum absolute atomic E-state index is 0.0730. The van der Waals surface area contributed by atoms with Crippen LogP contribution in [0.2, 0.25) is 0 Å². The second kappa shape index (κ2) is 8.59. The molecule has 1 aliphatic heterocycles. The zero-order valence-corrected chi connectivity index (χ0v) is 19.4. The largest absolute Gasteiger partial charge is 0.497 e. The molecule has 1 aromatic carbocycles. The highest BCUT2D eigenvalue weighted by molar-refractivity contribution is 7.80. The van der Waals surface area contributed by atoms with Gasteiger partial charge in [-0.3, -0.25) is 4.98 Å². The Morgan fingerprint density at radius 3 is 2.52 bits per heavy atom. The maximum absolute atomic E-state index is 5.85. The second-order valence-electron chi connectivity index (χ2n) is 7.61. The van der Waals surface area contributed by atoms with Crippen LogP contribution in [-0.2, 0) is 6.54 Å². The Morgan fingerprint density at radius 1 is 1.10 bits per heavy atom. The van der Waals surface area contributed by atoms with Crippen LogP contribution in [0, 0.1) is 13.8 Å². The Hall–Kier alpha value is -3.06. The van der Waals surface area contributed by atoms with Crippen LogP contribution in [0.25, 0.3) is 0 Å². The van der Waals surface area contributed by atoms with E-state index in [1.54, 1.807) is 14.2 Å². The van der Waals surface area contributed by atoms with Crippen LogP contribution in [0.1, 0.15) is 41.7 Å². The fourth-order valence-corrected chi connectivity index (χ4v) is 4.87. The van der Waals surface area contributed by atoms with E-state index in [9.17, 15) is 0 Å². The van der Waals surface area contributed by atoms with Crippen LogP contribution < -0.4 is 19.7 Å². The number of nitrogens with one attached hydrogen (secondary N) is 1. The van der Waals surface area contributed by atoms with E-state index in [0.717, 1.165) is 23.7 Å². The first-order chi connectivity index (χ1) is 15.0. The number of anilines is 1. The molecular formula is C24H28N4O2S. The van der Waals surface area contributed by atoms with Crippen molar-refractivity contribution in [3.05, 3.63) is 71.3 Å². The van der Waals surface area contributed by atoms with E-state index in [2.05, 4.69) is 46.6 Å². The van der Waals surface area contributed by atoms with Crippen LogP contribution >= 0.6 is 12.2 Å². The predicted molar refractivity (Wildman–Crippen MR) is 127 cm³/mol.